The average Bonchev–Trinajstić information content (AvgIpc) is 2.56. The molecule has 0 saturated heterocycles. The second-order valence-corrected chi connectivity index (χ2v) is 5.33. The maximum Gasteiger partial charge on any atom is 0.0394 e. The molecule has 0 saturated carbocycles. The van der Waals surface area contributed by atoms with Gasteiger partial charge in [0.2, 0.25) is 0 Å². The molecule has 0 aliphatic carbocycles. The summed E-state index contributed by atoms with van der Waals surface area (Å²) in [7, 11) is 0. The number of anilines is 2. The number of benzene rings is 3. The maximum atomic E-state index is 6.16. The number of nitrogens with two attached hydrogens (primary N) is 3. The third-order valence-electron chi connectivity index (χ3n) is 3.77. The normalized spacial score (nSPS) is 10.6. The largest absolute Gasteiger partial charge is 0.399 e. The topological polar surface area (TPSA) is 78.1 Å². The second kappa shape index (κ2) is 5.92. The van der Waals surface area contributed by atoms with E-state index in [1.807, 2.05) is 48.5 Å². The van der Waals surface area contributed by atoms with Crippen LogP contribution in [0.1, 0.15) is 5.56 Å². The van der Waals surface area contributed by atoms with Crippen LogP contribution in [0.4, 0.5) is 11.4 Å². The lowest BCUT2D eigenvalue weighted by molar-refractivity contribution is 1.07. The van der Waals surface area contributed by atoms with Crippen LogP contribution < -0.4 is 17.2 Å². The van der Waals surface area contributed by atoms with Crippen molar-refractivity contribution in [2.45, 2.75) is 6.54 Å². The third kappa shape index (κ3) is 2.80. The smallest absolute Gasteiger partial charge is 0.0394 e. The number of hydrogen-bond donors (Lipinski definition) is 3. The first kappa shape index (κ1) is 14.2. The first-order chi connectivity index (χ1) is 10.7. The number of nitrogen functional groups attached to an aromatic ring is 2. The molecule has 3 rings (SSSR count). The molecule has 0 fully saturated rings. The fourth-order valence-electron chi connectivity index (χ4n) is 2.53. The van der Waals surface area contributed by atoms with Crippen LogP contribution in [0.3, 0.4) is 0 Å². The monoisotopic (exact) mass is 289 g/mol. The van der Waals surface area contributed by atoms with Crippen LogP contribution in [0.5, 0.6) is 0 Å². The van der Waals surface area contributed by atoms with Gasteiger partial charge in [0.05, 0.1) is 0 Å². The highest BCUT2D eigenvalue weighted by molar-refractivity contribution is 5.82. The molecule has 0 aliphatic rings. The minimum absolute atomic E-state index is 0.519. The molecule has 0 unspecified atom stereocenters. The molecule has 3 aromatic rings. The molecule has 0 heterocycles. The lowest BCUT2D eigenvalue weighted by atomic mass is 9.96. The molecule has 22 heavy (non-hydrogen) atoms. The summed E-state index contributed by atoms with van der Waals surface area (Å²) in [6.45, 7) is 0.519. The van der Waals surface area contributed by atoms with Crippen LogP contribution in [-0.2, 0) is 6.54 Å². The van der Waals surface area contributed by atoms with Gasteiger partial charge in [0.1, 0.15) is 0 Å². The van der Waals surface area contributed by atoms with Crippen molar-refractivity contribution in [2.24, 2.45) is 5.73 Å². The maximum absolute atomic E-state index is 6.16. The van der Waals surface area contributed by atoms with E-state index >= 15 is 0 Å². The van der Waals surface area contributed by atoms with Gasteiger partial charge < -0.3 is 17.2 Å². The van der Waals surface area contributed by atoms with Crippen molar-refractivity contribution in [3.8, 4) is 22.3 Å². The summed E-state index contributed by atoms with van der Waals surface area (Å²) < 4.78 is 0. The van der Waals surface area contributed by atoms with Crippen molar-refractivity contribution in [2.75, 3.05) is 11.5 Å². The molecule has 0 aliphatic heterocycles. The Bertz CT molecular complexity index is 792. The Labute approximate surface area is 130 Å². The highest BCUT2D eigenvalue weighted by atomic mass is 14.6. The molecule has 0 bridgehead atoms. The van der Waals surface area contributed by atoms with Crippen molar-refractivity contribution in [3.05, 3.63) is 72.3 Å². The molecule has 0 aromatic heterocycles. The predicted molar refractivity (Wildman–Crippen MR) is 94.0 cm³/mol. The van der Waals surface area contributed by atoms with Crippen molar-refractivity contribution in [1.29, 1.82) is 0 Å². The SMILES string of the molecule is NCc1cccc(-c2cc(-c3ccc(N)cc3)ccc2N)c1. The van der Waals surface area contributed by atoms with Gasteiger partial charge in [-0.1, -0.05) is 36.4 Å². The fraction of sp³-hybridized carbons (Fsp3) is 0.0526. The van der Waals surface area contributed by atoms with Gasteiger partial charge in [0.25, 0.3) is 0 Å². The van der Waals surface area contributed by atoms with E-state index < -0.39 is 0 Å². The van der Waals surface area contributed by atoms with E-state index in [0.29, 0.717) is 6.54 Å². The summed E-state index contributed by atoms with van der Waals surface area (Å²) in [6.07, 6.45) is 0. The van der Waals surface area contributed by atoms with Crippen LogP contribution >= 0.6 is 0 Å². The van der Waals surface area contributed by atoms with Crippen LogP contribution in [0.2, 0.25) is 0 Å². The summed E-state index contributed by atoms with van der Waals surface area (Å²) in [5.74, 6) is 0. The van der Waals surface area contributed by atoms with E-state index in [2.05, 4.69) is 18.2 Å². The summed E-state index contributed by atoms with van der Waals surface area (Å²) in [5, 5.41) is 0. The zero-order chi connectivity index (χ0) is 15.5. The van der Waals surface area contributed by atoms with E-state index in [9.17, 15) is 0 Å². The highest BCUT2D eigenvalue weighted by Gasteiger charge is 2.06. The van der Waals surface area contributed by atoms with Crippen LogP contribution in [0.25, 0.3) is 22.3 Å². The Hall–Kier alpha value is -2.78. The molecule has 6 N–H and O–H groups in total. The van der Waals surface area contributed by atoms with Crippen molar-refractivity contribution >= 4 is 11.4 Å². The standard InChI is InChI=1S/C19H19N3/c20-12-13-2-1-3-16(10-13)18-11-15(6-9-19(18)22)14-4-7-17(21)8-5-14/h1-11H,12,20-22H2. The Morgan fingerprint density at radius 2 is 1.41 bits per heavy atom. The van der Waals surface area contributed by atoms with Gasteiger partial charge in [0.15, 0.2) is 0 Å². The van der Waals surface area contributed by atoms with Crippen molar-refractivity contribution < 1.29 is 0 Å². The molecular weight excluding hydrogens is 270 g/mol. The fourth-order valence-corrected chi connectivity index (χ4v) is 2.53. The Morgan fingerprint density at radius 1 is 0.682 bits per heavy atom. The van der Waals surface area contributed by atoms with Crippen LogP contribution in [-0.4, -0.2) is 0 Å². The summed E-state index contributed by atoms with van der Waals surface area (Å²) in [5.41, 5.74) is 24.6. The number of rotatable bonds is 3. The Morgan fingerprint density at radius 3 is 2.14 bits per heavy atom. The molecule has 110 valence electrons. The van der Waals surface area contributed by atoms with E-state index in [1.165, 1.54) is 0 Å². The molecular formula is C19H19N3. The first-order valence-corrected chi connectivity index (χ1v) is 7.22. The van der Waals surface area contributed by atoms with Gasteiger partial charge in [-0.05, 0) is 52.6 Å². The lowest BCUT2D eigenvalue weighted by Crippen LogP contribution is -1.97. The quantitative estimate of drug-likeness (QED) is 0.644. The van der Waals surface area contributed by atoms with E-state index in [1.54, 1.807) is 0 Å². The minimum Gasteiger partial charge on any atom is -0.399 e. The van der Waals surface area contributed by atoms with Crippen molar-refractivity contribution in [3.63, 3.8) is 0 Å². The molecule has 0 atom stereocenters. The van der Waals surface area contributed by atoms with E-state index in [-0.39, 0.29) is 0 Å². The molecule has 0 radical (unpaired) electrons. The Balaban J connectivity index is 2.08. The number of hydrogen-bond acceptors (Lipinski definition) is 3. The average molecular weight is 289 g/mol. The van der Waals surface area contributed by atoms with Gasteiger partial charge in [-0.2, -0.15) is 0 Å². The predicted octanol–water partition coefficient (Wildman–Crippen LogP) is 3.64. The van der Waals surface area contributed by atoms with Gasteiger partial charge in [-0.15, -0.1) is 0 Å². The zero-order valence-electron chi connectivity index (χ0n) is 12.3. The van der Waals surface area contributed by atoms with E-state index in [0.717, 1.165) is 39.2 Å². The Kier molecular flexibility index (Phi) is 3.81. The molecule has 0 amide bonds. The minimum atomic E-state index is 0.519. The van der Waals surface area contributed by atoms with Gasteiger partial charge in [-0.3, -0.25) is 0 Å². The summed E-state index contributed by atoms with van der Waals surface area (Å²) in [6, 6.07) is 22.1. The first-order valence-electron chi connectivity index (χ1n) is 7.22. The van der Waals surface area contributed by atoms with Crippen LogP contribution in [0, 0.1) is 0 Å². The van der Waals surface area contributed by atoms with Gasteiger partial charge in [-0.25, -0.2) is 0 Å². The second-order valence-electron chi connectivity index (χ2n) is 5.33. The lowest BCUT2D eigenvalue weighted by Gasteiger charge is -2.11. The molecule has 3 nitrogen and oxygen atoms in total. The summed E-state index contributed by atoms with van der Waals surface area (Å²) >= 11 is 0. The van der Waals surface area contributed by atoms with Crippen LogP contribution in [0.15, 0.2) is 66.7 Å². The molecule has 3 aromatic carbocycles. The van der Waals surface area contributed by atoms with E-state index in [4.69, 9.17) is 17.2 Å². The molecule has 3 heteroatoms. The van der Waals surface area contributed by atoms with Crippen molar-refractivity contribution in [1.82, 2.24) is 0 Å². The summed E-state index contributed by atoms with van der Waals surface area (Å²) in [4.78, 5) is 0. The van der Waals surface area contributed by atoms with Gasteiger partial charge in [0, 0.05) is 23.5 Å². The third-order valence-corrected chi connectivity index (χ3v) is 3.77. The molecule has 0 spiro atoms. The zero-order valence-corrected chi connectivity index (χ0v) is 12.3. The highest BCUT2D eigenvalue weighted by Crippen LogP contribution is 2.31. The van der Waals surface area contributed by atoms with Gasteiger partial charge >= 0.3 is 0 Å².